The highest BCUT2D eigenvalue weighted by Gasteiger charge is 2.16. The molecule has 0 radical (unpaired) electrons. The molecule has 0 atom stereocenters. The van der Waals surface area contributed by atoms with Gasteiger partial charge in [-0.15, -0.1) is 0 Å². The Morgan fingerprint density at radius 1 is 0.688 bits per heavy atom. The van der Waals surface area contributed by atoms with Crippen LogP contribution < -0.4 is 0 Å². The molecule has 3 aromatic carbocycles. The molecule has 8 heteroatoms. The lowest BCUT2D eigenvalue weighted by atomic mass is 10.1. The number of carbonyl (C=O) groups excluding carboxylic acids is 2. The largest absolute Gasteiger partial charge is 0.293 e. The van der Waals surface area contributed by atoms with Gasteiger partial charge in [0.05, 0.1) is 27.1 Å². The van der Waals surface area contributed by atoms with Crippen molar-refractivity contribution < 1.29 is 9.59 Å². The van der Waals surface area contributed by atoms with E-state index >= 15 is 0 Å². The van der Waals surface area contributed by atoms with Crippen LogP contribution in [0.2, 0.25) is 10.0 Å². The molecule has 0 aliphatic rings. The van der Waals surface area contributed by atoms with Gasteiger partial charge in [-0.2, -0.15) is 0 Å². The van der Waals surface area contributed by atoms with E-state index in [0.29, 0.717) is 31.4 Å². The molecule has 32 heavy (non-hydrogen) atoms. The molecule has 0 spiro atoms. The topological polar surface area (TPSA) is 59.9 Å². The Morgan fingerprint density at radius 2 is 1.22 bits per heavy atom. The van der Waals surface area contributed by atoms with Gasteiger partial charge in [0.1, 0.15) is 5.03 Å². The standard InChI is InChI=1S/C24H16Cl2N2O2S2/c25-18-10-4-1-7-15(18)21(29)13-31-23-17-9-3-6-12-20(17)27-24(28-23)32-14-22(30)16-8-2-5-11-19(16)26/h1-12H,13-14H2. The molecule has 4 rings (SSSR count). The van der Waals surface area contributed by atoms with Gasteiger partial charge >= 0.3 is 0 Å². The summed E-state index contributed by atoms with van der Waals surface area (Å²) in [6.45, 7) is 0. The molecule has 4 nitrogen and oxygen atoms in total. The Kier molecular flexibility index (Phi) is 7.48. The second kappa shape index (κ2) is 10.5. The summed E-state index contributed by atoms with van der Waals surface area (Å²) in [5.74, 6) is 0.171. The number of Topliss-reactive ketones (excluding diaryl/α,β-unsaturated/α-hetero) is 2. The lowest BCUT2D eigenvalue weighted by Gasteiger charge is -2.09. The molecule has 1 aromatic heterocycles. The lowest BCUT2D eigenvalue weighted by molar-refractivity contribution is 0.101. The molecule has 0 saturated heterocycles. The van der Waals surface area contributed by atoms with E-state index in [4.69, 9.17) is 23.2 Å². The maximum atomic E-state index is 12.7. The van der Waals surface area contributed by atoms with Crippen molar-refractivity contribution in [2.45, 2.75) is 10.2 Å². The van der Waals surface area contributed by atoms with Crippen LogP contribution in [0.15, 0.2) is 83.0 Å². The van der Waals surface area contributed by atoms with E-state index in [1.807, 2.05) is 24.3 Å². The zero-order valence-electron chi connectivity index (χ0n) is 16.6. The Morgan fingerprint density at radius 3 is 1.84 bits per heavy atom. The minimum Gasteiger partial charge on any atom is -0.293 e. The molecule has 0 unspecified atom stereocenters. The average Bonchev–Trinajstić information content (AvgIpc) is 2.81. The first-order valence-electron chi connectivity index (χ1n) is 9.61. The van der Waals surface area contributed by atoms with Crippen LogP contribution in [0.3, 0.4) is 0 Å². The fraction of sp³-hybridized carbons (Fsp3) is 0.0833. The summed E-state index contributed by atoms with van der Waals surface area (Å²) in [7, 11) is 0. The van der Waals surface area contributed by atoms with Gasteiger partial charge in [0, 0.05) is 16.5 Å². The molecule has 1 heterocycles. The van der Waals surface area contributed by atoms with Crippen molar-refractivity contribution in [2.24, 2.45) is 0 Å². The van der Waals surface area contributed by atoms with Gasteiger partial charge in [-0.25, -0.2) is 9.97 Å². The molecular formula is C24H16Cl2N2O2S2. The maximum absolute atomic E-state index is 12.7. The SMILES string of the molecule is O=C(CSc1nc(SCC(=O)c2ccccc2Cl)c2ccccc2n1)c1ccccc1Cl. The van der Waals surface area contributed by atoms with Crippen LogP contribution >= 0.6 is 46.7 Å². The third-order valence-electron chi connectivity index (χ3n) is 4.57. The normalized spacial score (nSPS) is 10.9. The van der Waals surface area contributed by atoms with E-state index in [1.54, 1.807) is 48.5 Å². The number of carbonyl (C=O) groups is 2. The molecule has 0 fully saturated rings. The quantitative estimate of drug-likeness (QED) is 0.114. The minimum atomic E-state index is -0.0968. The zero-order chi connectivity index (χ0) is 22.5. The summed E-state index contributed by atoms with van der Waals surface area (Å²) in [5, 5.41) is 2.86. The number of benzene rings is 3. The van der Waals surface area contributed by atoms with E-state index < -0.39 is 0 Å². The van der Waals surface area contributed by atoms with Gasteiger partial charge in [0.2, 0.25) is 0 Å². The monoisotopic (exact) mass is 498 g/mol. The number of hydrogen-bond donors (Lipinski definition) is 0. The van der Waals surface area contributed by atoms with Crippen molar-refractivity contribution in [2.75, 3.05) is 11.5 Å². The number of aromatic nitrogens is 2. The van der Waals surface area contributed by atoms with E-state index in [0.717, 1.165) is 10.9 Å². The molecule has 0 saturated carbocycles. The summed E-state index contributed by atoms with van der Waals surface area (Å²) in [4.78, 5) is 34.4. The Hall–Kier alpha value is -2.38. The summed E-state index contributed by atoms with van der Waals surface area (Å²) >= 11 is 14.9. The second-order valence-corrected chi connectivity index (χ2v) is 9.43. The third-order valence-corrected chi connectivity index (χ3v) is 7.07. The van der Waals surface area contributed by atoms with Crippen molar-refractivity contribution >= 4 is 69.2 Å². The molecule has 4 aromatic rings. The van der Waals surface area contributed by atoms with Crippen LogP contribution in [0.4, 0.5) is 0 Å². The Bertz CT molecular complexity index is 1310. The smallest absolute Gasteiger partial charge is 0.189 e. The fourth-order valence-corrected chi connectivity index (χ4v) is 5.17. The molecule has 0 amide bonds. The highest BCUT2D eigenvalue weighted by Crippen LogP contribution is 2.30. The number of para-hydroxylation sites is 1. The number of hydrogen-bond acceptors (Lipinski definition) is 6. The van der Waals surface area contributed by atoms with Gasteiger partial charge in [-0.1, -0.05) is 89.2 Å². The van der Waals surface area contributed by atoms with Gasteiger partial charge in [0.15, 0.2) is 16.7 Å². The van der Waals surface area contributed by atoms with Crippen molar-refractivity contribution in [3.8, 4) is 0 Å². The lowest BCUT2D eigenvalue weighted by Crippen LogP contribution is -2.05. The summed E-state index contributed by atoms with van der Waals surface area (Å²) in [6.07, 6.45) is 0. The summed E-state index contributed by atoms with van der Waals surface area (Å²) < 4.78 is 0. The highest BCUT2D eigenvalue weighted by molar-refractivity contribution is 8.00. The Balaban J connectivity index is 1.54. The number of ketones is 2. The summed E-state index contributed by atoms with van der Waals surface area (Å²) in [6, 6.07) is 21.5. The van der Waals surface area contributed by atoms with Crippen LogP contribution in [-0.4, -0.2) is 33.0 Å². The third kappa shape index (κ3) is 5.33. The van der Waals surface area contributed by atoms with Crippen LogP contribution in [-0.2, 0) is 0 Å². The summed E-state index contributed by atoms with van der Waals surface area (Å²) in [5.41, 5.74) is 1.71. The minimum absolute atomic E-state index is 0.0774. The highest BCUT2D eigenvalue weighted by atomic mass is 35.5. The number of thioether (sulfide) groups is 2. The predicted octanol–water partition coefficient (Wildman–Crippen LogP) is 6.89. The van der Waals surface area contributed by atoms with Gasteiger partial charge < -0.3 is 0 Å². The van der Waals surface area contributed by atoms with Gasteiger partial charge in [0.25, 0.3) is 0 Å². The van der Waals surface area contributed by atoms with Crippen molar-refractivity contribution in [1.29, 1.82) is 0 Å². The Labute approximate surface area is 203 Å². The van der Waals surface area contributed by atoms with Gasteiger partial charge in [-0.3, -0.25) is 9.59 Å². The van der Waals surface area contributed by atoms with Gasteiger partial charge in [-0.05, 0) is 30.3 Å². The maximum Gasteiger partial charge on any atom is 0.189 e. The molecule has 0 N–H and O–H groups in total. The first kappa shape index (κ1) is 22.8. The van der Waals surface area contributed by atoms with Crippen LogP contribution in [0.25, 0.3) is 10.9 Å². The first-order chi connectivity index (χ1) is 15.5. The molecule has 0 aliphatic carbocycles. The number of fused-ring (bicyclic) bond motifs is 1. The zero-order valence-corrected chi connectivity index (χ0v) is 19.8. The van der Waals surface area contributed by atoms with E-state index in [1.165, 1.54) is 23.5 Å². The van der Waals surface area contributed by atoms with E-state index in [9.17, 15) is 9.59 Å². The molecule has 0 aliphatic heterocycles. The van der Waals surface area contributed by atoms with Crippen molar-refractivity contribution in [3.05, 3.63) is 94.0 Å². The van der Waals surface area contributed by atoms with Crippen molar-refractivity contribution in [1.82, 2.24) is 9.97 Å². The van der Waals surface area contributed by atoms with E-state index in [-0.39, 0.29) is 23.1 Å². The number of rotatable bonds is 8. The van der Waals surface area contributed by atoms with Crippen molar-refractivity contribution in [3.63, 3.8) is 0 Å². The van der Waals surface area contributed by atoms with Crippen LogP contribution in [0.5, 0.6) is 0 Å². The average molecular weight is 499 g/mol. The van der Waals surface area contributed by atoms with Crippen LogP contribution in [0, 0.1) is 0 Å². The van der Waals surface area contributed by atoms with Crippen LogP contribution in [0.1, 0.15) is 20.7 Å². The van der Waals surface area contributed by atoms with E-state index in [2.05, 4.69) is 9.97 Å². The number of nitrogens with zero attached hydrogens (tertiary/aromatic N) is 2. The first-order valence-corrected chi connectivity index (χ1v) is 12.3. The molecule has 0 bridgehead atoms. The fourth-order valence-electron chi connectivity index (χ4n) is 3.00. The molecule has 160 valence electrons. The predicted molar refractivity (Wildman–Crippen MR) is 133 cm³/mol. The molecular weight excluding hydrogens is 483 g/mol. The second-order valence-electron chi connectivity index (χ2n) is 6.71. The number of halogens is 2.